The van der Waals surface area contributed by atoms with Gasteiger partial charge in [-0.1, -0.05) is 12.1 Å². The van der Waals surface area contributed by atoms with E-state index in [-0.39, 0.29) is 17.5 Å². The average molecular weight is 361 g/mol. The molecule has 0 saturated carbocycles. The van der Waals surface area contributed by atoms with Crippen molar-refractivity contribution in [3.8, 4) is 11.1 Å². The lowest BCUT2D eigenvalue weighted by molar-refractivity contribution is 0.0958. The van der Waals surface area contributed by atoms with Crippen LogP contribution in [0.1, 0.15) is 39.8 Å². The Morgan fingerprint density at radius 1 is 1.19 bits per heavy atom. The summed E-state index contributed by atoms with van der Waals surface area (Å²) < 4.78 is 20.6. The smallest absolute Gasteiger partial charge is 0.167 e. The number of Topliss-reactive ketones (excluding diaryl/α,β-unsaturated/α-hetero) is 1. The van der Waals surface area contributed by atoms with Gasteiger partial charge in [-0.15, -0.1) is 0 Å². The third kappa shape index (κ3) is 2.48. The fourth-order valence-electron chi connectivity index (χ4n) is 3.88. The van der Waals surface area contributed by atoms with Crippen LogP contribution in [0.5, 0.6) is 0 Å². The predicted molar refractivity (Wildman–Crippen MR) is 97.2 cm³/mol. The third-order valence-corrected chi connectivity index (χ3v) is 5.17. The summed E-state index contributed by atoms with van der Waals surface area (Å²) in [4.78, 5) is 17.2. The zero-order chi connectivity index (χ0) is 18.5. The zero-order valence-corrected chi connectivity index (χ0v) is 14.6. The Morgan fingerprint density at radius 3 is 2.74 bits per heavy atom. The van der Waals surface area contributed by atoms with Gasteiger partial charge in [0.05, 0.1) is 23.2 Å². The van der Waals surface area contributed by atoms with Crippen LogP contribution >= 0.6 is 0 Å². The summed E-state index contributed by atoms with van der Waals surface area (Å²) >= 11 is 0. The van der Waals surface area contributed by atoms with Crippen molar-refractivity contribution in [3.63, 3.8) is 0 Å². The number of carbonyl (C=O) groups excluding carboxylic acids is 1. The van der Waals surface area contributed by atoms with Gasteiger partial charge in [-0.2, -0.15) is 5.10 Å². The Hall–Kier alpha value is -3.28. The molecule has 0 amide bonds. The maximum Gasteiger partial charge on any atom is 0.167 e. The second kappa shape index (κ2) is 5.87. The van der Waals surface area contributed by atoms with Crippen molar-refractivity contribution in [2.45, 2.75) is 25.7 Å². The molecule has 0 bridgehead atoms. The number of halogens is 1. The molecule has 0 fully saturated rings. The van der Waals surface area contributed by atoms with Crippen LogP contribution in [0.2, 0.25) is 0 Å². The number of hydrogen-bond donors (Lipinski definition) is 0. The van der Waals surface area contributed by atoms with Gasteiger partial charge in [0, 0.05) is 30.5 Å². The Kier molecular flexibility index (Phi) is 3.47. The summed E-state index contributed by atoms with van der Waals surface area (Å²) in [6.45, 7) is 1.90. The Bertz CT molecular complexity index is 1160. The number of carbonyl (C=O) groups is 1. The van der Waals surface area contributed by atoms with Crippen LogP contribution in [0.4, 0.5) is 4.39 Å². The molecule has 134 valence electrons. The van der Waals surface area contributed by atoms with Crippen LogP contribution in [0.3, 0.4) is 0 Å². The van der Waals surface area contributed by atoms with Gasteiger partial charge in [-0.05, 0) is 36.8 Å². The fourth-order valence-corrected chi connectivity index (χ4v) is 3.88. The molecule has 0 spiro atoms. The summed E-state index contributed by atoms with van der Waals surface area (Å²) in [5.41, 5.74) is 4.61. The van der Waals surface area contributed by atoms with Crippen molar-refractivity contribution in [2.75, 3.05) is 0 Å². The minimum absolute atomic E-state index is 0.00984. The number of aryl methyl sites for hydroxylation is 1. The molecule has 0 saturated heterocycles. The maximum atomic E-state index is 13.3. The van der Waals surface area contributed by atoms with Crippen LogP contribution in [-0.4, -0.2) is 20.4 Å². The molecular formula is C21H16FN3O2. The molecule has 5 rings (SSSR count). The summed E-state index contributed by atoms with van der Waals surface area (Å²) in [7, 11) is 0. The summed E-state index contributed by atoms with van der Waals surface area (Å²) in [6.07, 6.45) is 4.32. The van der Waals surface area contributed by atoms with Crippen molar-refractivity contribution < 1.29 is 13.6 Å². The molecule has 1 aliphatic carbocycles. The van der Waals surface area contributed by atoms with Gasteiger partial charge in [-0.3, -0.25) is 4.79 Å². The number of nitrogens with zero attached hydrogens (tertiary/aromatic N) is 3. The van der Waals surface area contributed by atoms with Crippen molar-refractivity contribution in [1.29, 1.82) is 0 Å². The SMILES string of the molecule is Cc1nn2c3c(cnc2c1-c1ccc(F)cc1)C(=O)C[C@H](c1ccco1)C3. The number of aromatic nitrogens is 3. The van der Waals surface area contributed by atoms with E-state index in [2.05, 4.69) is 10.1 Å². The highest BCUT2D eigenvalue weighted by Gasteiger charge is 2.31. The molecule has 3 aromatic heterocycles. The Balaban J connectivity index is 1.69. The van der Waals surface area contributed by atoms with Crippen molar-refractivity contribution in [2.24, 2.45) is 0 Å². The molecule has 4 aromatic rings. The lowest BCUT2D eigenvalue weighted by Gasteiger charge is -2.22. The molecule has 0 radical (unpaired) electrons. The molecule has 0 aliphatic heterocycles. The number of fused-ring (bicyclic) bond motifs is 3. The molecule has 0 N–H and O–H groups in total. The molecule has 1 aromatic carbocycles. The number of hydrogen-bond acceptors (Lipinski definition) is 4. The number of furan rings is 1. The normalized spacial score (nSPS) is 16.7. The number of ketones is 1. The first-order valence-electron chi connectivity index (χ1n) is 8.81. The van der Waals surface area contributed by atoms with E-state index in [4.69, 9.17) is 4.42 Å². The fraction of sp³-hybridized carbons (Fsp3) is 0.190. The van der Waals surface area contributed by atoms with E-state index in [0.717, 1.165) is 28.3 Å². The highest BCUT2D eigenvalue weighted by molar-refractivity contribution is 5.99. The monoisotopic (exact) mass is 361 g/mol. The van der Waals surface area contributed by atoms with Gasteiger partial charge in [0.25, 0.3) is 0 Å². The molecule has 0 unspecified atom stereocenters. The summed E-state index contributed by atoms with van der Waals surface area (Å²) in [5.74, 6) is 0.555. The summed E-state index contributed by atoms with van der Waals surface area (Å²) in [5, 5.41) is 4.65. The molecule has 5 nitrogen and oxygen atoms in total. The minimum Gasteiger partial charge on any atom is -0.469 e. The van der Waals surface area contributed by atoms with Crippen LogP contribution in [0, 0.1) is 12.7 Å². The largest absolute Gasteiger partial charge is 0.469 e. The number of benzene rings is 1. The predicted octanol–water partition coefficient (Wildman–Crippen LogP) is 4.35. The van der Waals surface area contributed by atoms with E-state index in [1.165, 1.54) is 12.1 Å². The maximum absolute atomic E-state index is 13.3. The van der Waals surface area contributed by atoms with E-state index >= 15 is 0 Å². The molecule has 27 heavy (non-hydrogen) atoms. The second-order valence-corrected chi connectivity index (χ2v) is 6.87. The molecule has 3 heterocycles. The second-order valence-electron chi connectivity index (χ2n) is 6.87. The highest BCUT2D eigenvalue weighted by Crippen LogP contribution is 2.35. The van der Waals surface area contributed by atoms with Crippen LogP contribution in [-0.2, 0) is 6.42 Å². The van der Waals surface area contributed by atoms with Gasteiger partial charge in [0.1, 0.15) is 11.6 Å². The average Bonchev–Trinajstić information content (AvgIpc) is 3.30. The van der Waals surface area contributed by atoms with E-state index in [1.807, 2.05) is 19.1 Å². The lowest BCUT2D eigenvalue weighted by atomic mass is 9.85. The van der Waals surface area contributed by atoms with Crippen molar-refractivity contribution in [3.05, 3.63) is 77.4 Å². The molecule has 6 heteroatoms. The van der Waals surface area contributed by atoms with Gasteiger partial charge in [-0.25, -0.2) is 13.9 Å². The van der Waals surface area contributed by atoms with Gasteiger partial charge in [0.15, 0.2) is 11.4 Å². The van der Waals surface area contributed by atoms with E-state index in [1.54, 1.807) is 29.1 Å². The standard InChI is InChI=1S/C21H16FN3O2/c1-12-20(13-4-6-15(22)7-5-13)21-23-11-16-17(25(21)24-12)9-14(10-18(16)26)19-3-2-8-27-19/h2-8,11,14H,9-10H2,1H3/t14-/m1/s1. The third-order valence-electron chi connectivity index (χ3n) is 5.17. The molecular weight excluding hydrogens is 345 g/mol. The van der Waals surface area contributed by atoms with Crippen molar-refractivity contribution >= 4 is 11.4 Å². The van der Waals surface area contributed by atoms with E-state index < -0.39 is 0 Å². The zero-order valence-electron chi connectivity index (χ0n) is 14.6. The van der Waals surface area contributed by atoms with Crippen LogP contribution in [0.15, 0.2) is 53.3 Å². The first-order chi connectivity index (χ1) is 13.1. The van der Waals surface area contributed by atoms with Gasteiger partial charge < -0.3 is 4.42 Å². The van der Waals surface area contributed by atoms with Crippen LogP contribution in [0.25, 0.3) is 16.8 Å². The first-order valence-corrected chi connectivity index (χ1v) is 8.81. The van der Waals surface area contributed by atoms with E-state index in [9.17, 15) is 9.18 Å². The topological polar surface area (TPSA) is 60.4 Å². The first kappa shape index (κ1) is 15.9. The Morgan fingerprint density at radius 2 is 2.00 bits per heavy atom. The minimum atomic E-state index is -0.287. The quantitative estimate of drug-likeness (QED) is 0.533. The van der Waals surface area contributed by atoms with Crippen LogP contribution < -0.4 is 0 Å². The summed E-state index contributed by atoms with van der Waals surface area (Å²) in [6, 6.07) is 10.0. The van der Waals surface area contributed by atoms with Gasteiger partial charge >= 0.3 is 0 Å². The molecule has 1 atom stereocenters. The van der Waals surface area contributed by atoms with Gasteiger partial charge in [0.2, 0.25) is 0 Å². The Labute approximate surface area is 154 Å². The molecule has 1 aliphatic rings. The van der Waals surface area contributed by atoms with E-state index in [0.29, 0.717) is 24.1 Å². The van der Waals surface area contributed by atoms with Crippen molar-refractivity contribution in [1.82, 2.24) is 14.6 Å². The highest BCUT2D eigenvalue weighted by atomic mass is 19.1. The lowest BCUT2D eigenvalue weighted by Crippen LogP contribution is -2.22. The number of rotatable bonds is 2.